The van der Waals surface area contributed by atoms with E-state index in [1.165, 1.54) is 0 Å². The number of carbonyl (C=O) groups is 1. The molecule has 0 aliphatic rings. The lowest BCUT2D eigenvalue weighted by Gasteiger charge is -2.17. The number of Topliss-reactive ketones (excluding diaryl/α,β-unsaturated/α-hetero) is 1. The Hall–Kier alpha value is -1.35. The van der Waals surface area contributed by atoms with Crippen molar-refractivity contribution in [3.8, 4) is 5.75 Å². The number of benzene rings is 1. The highest BCUT2D eigenvalue weighted by atomic mass is 16.5. The van der Waals surface area contributed by atoms with Gasteiger partial charge in [-0.05, 0) is 43.9 Å². The topological polar surface area (TPSA) is 52.3 Å². The molecule has 1 atom stereocenters. The van der Waals surface area contributed by atoms with Gasteiger partial charge in [-0.25, -0.2) is 0 Å². The Balaban J connectivity index is 2.76. The number of hydrogen-bond donors (Lipinski definition) is 1. The molecule has 0 bridgehead atoms. The van der Waals surface area contributed by atoms with Gasteiger partial charge in [0.05, 0.1) is 12.2 Å². The SMILES string of the molecule is CCOc1ccccc1C(=O)CC(CN)CC(C)C. The van der Waals surface area contributed by atoms with E-state index in [0.717, 1.165) is 6.42 Å². The monoisotopic (exact) mass is 263 g/mol. The minimum absolute atomic E-state index is 0.125. The van der Waals surface area contributed by atoms with E-state index in [1.807, 2.05) is 31.2 Å². The summed E-state index contributed by atoms with van der Waals surface area (Å²) in [5, 5.41) is 0. The van der Waals surface area contributed by atoms with Crippen LogP contribution in [0.5, 0.6) is 5.75 Å². The lowest BCUT2D eigenvalue weighted by molar-refractivity contribution is 0.0953. The number of rotatable bonds is 8. The second kappa shape index (κ2) is 7.95. The summed E-state index contributed by atoms with van der Waals surface area (Å²) in [4.78, 5) is 12.4. The highest BCUT2D eigenvalue weighted by molar-refractivity contribution is 5.98. The predicted octanol–water partition coefficient (Wildman–Crippen LogP) is 3.28. The third-order valence-electron chi connectivity index (χ3n) is 3.10. The van der Waals surface area contributed by atoms with Gasteiger partial charge in [-0.3, -0.25) is 4.79 Å². The van der Waals surface area contributed by atoms with Crippen molar-refractivity contribution in [2.75, 3.05) is 13.2 Å². The van der Waals surface area contributed by atoms with Crippen LogP contribution in [0.4, 0.5) is 0 Å². The zero-order valence-electron chi connectivity index (χ0n) is 12.2. The molecule has 0 aromatic heterocycles. The van der Waals surface area contributed by atoms with Crippen LogP contribution in [0.3, 0.4) is 0 Å². The molecular formula is C16H25NO2. The highest BCUT2D eigenvalue weighted by Crippen LogP contribution is 2.23. The Morgan fingerprint density at radius 2 is 2.00 bits per heavy atom. The van der Waals surface area contributed by atoms with Crippen molar-refractivity contribution in [3.63, 3.8) is 0 Å². The first-order chi connectivity index (χ1) is 9.08. The van der Waals surface area contributed by atoms with Crippen molar-refractivity contribution in [2.45, 2.75) is 33.6 Å². The number of hydrogen-bond acceptors (Lipinski definition) is 3. The molecule has 0 saturated heterocycles. The zero-order valence-corrected chi connectivity index (χ0v) is 12.2. The van der Waals surface area contributed by atoms with E-state index in [1.54, 1.807) is 0 Å². The van der Waals surface area contributed by atoms with Gasteiger partial charge in [-0.2, -0.15) is 0 Å². The number of para-hydroxylation sites is 1. The maximum Gasteiger partial charge on any atom is 0.166 e. The smallest absolute Gasteiger partial charge is 0.166 e. The average Bonchev–Trinajstić information content (AvgIpc) is 2.38. The van der Waals surface area contributed by atoms with Crippen molar-refractivity contribution in [3.05, 3.63) is 29.8 Å². The molecule has 0 fully saturated rings. The zero-order chi connectivity index (χ0) is 14.3. The van der Waals surface area contributed by atoms with Crippen molar-refractivity contribution in [2.24, 2.45) is 17.6 Å². The van der Waals surface area contributed by atoms with E-state index in [2.05, 4.69) is 13.8 Å². The van der Waals surface area contributed by atoms with Crippen LogP contribution >= 0.6 is 0 Å². The van der Waals surface area contributed by atoms with E-state index in [4.69, 9.17) is 10.5 Å². The first-order valence-electron chi connectivity index (χ1n) is 7.03. The normalized spacial score (nSPS) is 12.5. The molecule has 1 unspecified atom stereocenters. The van der Waals surface area contributed by atoms with Gasteiger partial charge in [0.2, 0.25) is 0 Å². The van der Waals surface area contributed by atoms with Crippen molar-refractivity contribution < 1.29 is 9.53 Å². The van der Waals surface area contributed by atoms with Gasteiger partial charge in [0.15, 0.2) is 5.78 Å². The van der Waals surface area contributed by atoms with Crippen LogP contribution in [0.15, 0.2) is 24.3 Å². The standard InChI is InChI=1S/C16H25NO2/c1-4-19-16-8-6-5-7-14(16)15(18)10-13(11-17)9-12(2)3/h5-8,12-13H,4,9-11,17H2,1-3H3. The van der Waals surface area contributed by atoms with Crippen molar-refractivity contribution in [1.82, 2.24) is 0 Å². The number of ether oxygens (including phenoxy) is 1. The van der Waals surface area contributed by atoms with E-state index in [0.29, 0.717) is 36.8 Å². The second-order valence-corrected chi connectivity index (χ2v) is 5.29. The van der Waals surface area contributed by atoms with E-state index in [9.17, 15) is 4.79 Å². The fourth-order valence-corrected chi connectivity index (χ4v) is 2.28. The third kappa shape index (κ3) is 5.03. The average molecular weight is 263 g/mol. The Morgan fingerprint density at radius 3 is 2.58 bits per heavy atom. The summed E-state index contributed by atoms with van der Waals surface area (Å²) >= 11 is 0. The molecule has 0 spiro atoms. The van der Waals surface area contributed by atoms with Crippen LogP contribution < -0.4 is 10.5 Å². The molecule has 3 heteroatoms. The molecule has 0 saturated carbocycles. The summed E-state index contributed by atoms with van der Waals surface area (Å²) in [6, 6.07) is 7.43. The molecule has 0 radical (unpaired) electrons. The van der Waals surface area contributed by atoms with Crippen molar-refractivity contribution in [1.29, 1.82) is 0 Å². The summed E-state index contributed by atoms with van der Waals surface area (Å²) in [5.41, 5.74) is 6.43. The minimum Gasteiger partial charge on any atom is -0.493 e. The fraction of sp³-hybridized carbons (Fsp3) is 0.562. The van der Waals surface area contributed by atoms with Crippen LogP contribution in [0.25, 0.3) is 0 Å². The van der Waals surface area contributed by atoms with Gasteiger partial charge in [0.25, 0.3) is 0 Å². The lowest BCUT2D eigenvalue weighted by atomic mass is 9.90. The molecule has 0 aliphatic carbocycles. The van der Waals surface area contributed by atoms with E-state index < -0.39 is 0 Å². The number of carbonyl (C=O) groups excluding carboxylic acids is 1. The van der Waals surface area contributed by atoms with Gasteiger partial charge < -0.3 is 10.5 Å². The Morgan fingerprint density at radius 1 is 1.32 bits per heavy atom. The maximum atomic E-state index is 12.4. The fourth-order valence-electron chi connectivity index (χ4n) is 2.28. The highest BCUT2D eigenvalue weighted by Gasteiger charge is 2.18. The molecule has 3 nitrogen and oxygen atoms in total. The quantitative estimate of drug-likeness (QED) is 0.732. The predicted molar refractivity (Wildman–Crippen MR) is 78.6 cm³/mol. The molecule has 106 valence electrons. The first kappa shape index (κ1) is 15.7. The summed E-state index contributed by atoms with van der Waals surface area (Å²) in [6.07, 6.45) is 1.48. The van der Waals surface area contributed by atoms with Gasteiger partial charge in [-0.1, -0.05) is 26.0 Å². The molecule has 0 amide bonds. The van der Waals surface area contributed by atoms with E-state index in [-0.39, 0.29) is 11.7 Å². The van der Waals surface area contributed by atoms with Gasteiger partial charge >= 0.3 is 0 Å². The molecule has 1 aromatic carbocycles. The third-order valence-corrected chi connectivity index (χ3v) is 3.10. The second-order valence-electron chi connectivity index (χ2n) is 5.29. The minimum atomic E-state index is 0.125. The summed E-state index contributed by atoms with van der Waals surface area (Å²) in [7, 11) is 0. The van der Waals surface area contributed by atoms with Crippen LogP contribution in [0.2, 0.25) is 0 Å². The maximum absolute atomic E-state index is 12.4. The molecule has 0 heterocycles. The summed E-state index contributed by atoms with van der Waals surface area (Å²) < 4.78 is 5.50. The first-order valence-corrected chi connectivity index (χ1v) is 7.03. The van der Waals surface area contributed by atoms with Gasteiger partial charge in [-0.15, -0.1) is 0 Å². The Labute approximate surface area is 116 Å². The van der Waals surface area contributed by atoms with Crippen LogP contribution in [-0.2, 0) is 0 Å². The van der Waals surface area contributed by atoms with E-state index >= 15 is 0 Å². The molecule has 1 aromatic rings. The van der Waals surface area contributed by atoms with Gasteiger partial charge in [0, 0.05) is 6.42 Å². The summed E-state index contributed by atoms with van der Waals surface area (Å²) in [5.74, 6) is 1.61. The van der Waals surface area contributed by atoms with Crippen LogP contribution in [0, 0.1) is 11.8 Å². The summed E-state index contributed by atoms with van der Waals surface area (Å²) in [6.45, 7) is 7.35. The Bertz CT molecular complexity index is 401. The molecular weight excluding hydrogens is 238 g/mol. The van der Waals surface area contributed by atoms with Crippen LogP contribution in [-0.4, -0.2) is 18.9 Å². The molecule has 1 rings (SSSR count). The molecule has 19 heavy (non-hydrogen) atoms. The number of ketones is 1. The lowest BCUT2D eigenvalue weighted by Crippen LogP contribution is -2.20. The molecule has 2 N–H and O–H groups in total. The molecule has 0 aliphatic heterocycles. The van der Waals surface area contributed by atoms with Crippen molar-refractivity contribution >= 4 is 5.78 Å². The number of nitrogens with two attached hydrogens (primary N) is 1. The Kier molecular flexibility index (Phi) is 6.57. The van der Waals surface area contributed by atoms with Crippen LogP contribution in [0.1, 0.15) is 44.0 Å². The van der Waals surface area contributed by atoms with Gasteiger partial charge in [0.1, 0.15) is 5.75 Å². The largest absolute Gasteiger partial charge is 0.493 e.